The van der Waals surface area contributed by atoms with E-state index in [1.165, 1.54) is 18.0 Å². The number of hydrogen-bond donors (Lipinski definition) is 2. The smallest absolute Gasteiger partial charge is 0.261 e. The fraction of sp³-hybridized carbons (Fsp3) is 0.300. The highest BCUT2D eigenvalue weighted by Crippen LogP contribution is 2.26. The quantitative estimate of drug-likeness (QED) is 0.488. The molecule has 3 N–H and O–H groups in total. The first-order chi connectivity index (χ1) is 8.19. The fourth-order valence-electron chi connectivity index (χ4n) is 1.18. The molecule has 2 rings (SSSR count). The molecule has 90 valence electrons. The Bertz CT molecular complexity index is 485. The molecule has 0 amide bonds. The number of nitrogens with zero attached hydrogens (tertiary/aromatic N) is 3. The lowest BCUT2D eigenvalue weighted by molar-refractivity contribution is 0.454. The van der Waals surface area contributed by atoms with Crippen LogP contribution in [0.2, 0.25) is 0 Å². The van der Waals surface area contributed by atoms with Gasteiger partial charge in [-0.25, -0.2) is 20.8 Å². The second kappa shape index (κ2) is 5.15. The molecular weight excluding hydrogens is 238 g/mol. The number of hydrazine groups is 1. The summed E-state index contributed by atoms with van der Waals surface area (Å²) in [6.07, 6.45) is 3.12. The van der Waals surface area contributed by atoms with Crippen LogP contribution in [0.25, 0.3) is 0 Å². The van der Waals surface area contributed by atoms with Crippen LogP contribution in [0.5, 0.6) is 0 Å². The first kappa shape index (κ1) is 11.9. The molecule has 0 spiro atoms. The average Bonchev–Trinajstić information content (AvgIpc) is 2.81. The zero-order valence-electron chi connectivity index (χ0n) is 9.54. The molecule has 0 saturated heterocycles. The lowest BCUT2D eigenvalue weighted by atomic mass is 10.2. The SMILES string of the molecule is CC(C)c1nc(NN)cc(Sc2ncco2)n1. The molecule has 0 aliphatic heterocycles. The molecule has 7 heteroatoms. The molecule has 6 nitrogen and oxygen atoms in total. The minimum absolute atomic E-state index is 0.229. The van der Waals surface area contributed by atoms with E-state index in [9.17, 15) is 0 Å². The van der Waals surface area contributed by atoms with Crippen LogP contribution < -0.4 is 11.3 Å². The molecular formula is C10H13N5OS. The van der Waals surface area contributed by atoms with E-state index in [0.717, 1.165) is 10.9 Å². The van der Waals surface area contributed by atoms with Crippen molar-refractivity contribution >= 4 is 17.6 Å². The maximum Gasteiger partial charge on any atom is 0.261 e. The van der Waals surface area contributed by atoms with Crippen molar-refractivity contribution in [3.8, 4) is 0 Å². The lowest BCUT2D eigenvalue weighted by Gasteiger charge is -2.08. The van der Waals surface area contributed by atoms with Crippen LogP contribution in [0.3, 0.4) is 0 Å². The third-order valence-corrected chi connectivity index (χ3v) is 2.78. The molecule has 0 saturated carbocycles. The number of nitrogen functional groups attached to an aromatic ring is 1. The molecule has 17 heavy (non-hydrogen) atoms. The molecule has 0 fully saturated rings. The highest BCUT2D eigenvalue weighted by atomic mass is 32.2. The predicted octanol–water partition coefficient (Wildman–Crippen LogP) is 2.02. The van der Waals surface area contributed by atoms with Crippen molar-refractivity contribution in [3.05, 3.63) is 24.4 Å². The van der Waals surface area contributed by atoms with Crippen molar-refractivity contribution in [3.63, 3.8) is 0 Å². The Morgan fingerprint density at radius 3 is 2.82 bits per heavy atom. The van der Waals surface area contributed by atoms with Crippen molar-refractivity contribution in [2.45, 2.75) is 30.0 Å². The van der Waals surface area contributed by atoms with E-state index >= 15 is 0 Å². The minimum Gasteiger partial charge on any atom is -0.440 e. The summed E-state index contributed by atoms with van der Waals surface area (Å²) in [5.74, 6) is 6.91. The lowest BCUT2D eigenvalue weighted by Crippen LogP contribution is -2.11. The first-order valence-corrected chi connectivity index (χ1v) is 5.93. The maximum atomic E-state index is 5.37. The normalized spacial score (nSPS) is 10.8. The molecule has 0 aromatic carbocycles. The minimum atomic E-state index is 0.229. The first-order valence-electron chi connectivity index (χ1n) is 5.12. The monoisotopic (exact) mass is 251 g/mol. The summed E-state index contributed by atoms with van der Waals surface area (Å²) in [6, 6.07) is 1.75. The topological polar surface area (TPSA) is 89.9 Å². The fourth-order valence-corrected chi connectivity index (χ4v) is 1.88. The zero-order chi connectivity index (χ0) is 12.3. The van der Waals surface area contributed by atoms with E-state index in [1.54, 1.807) is 12.3 Å². The van der Waals surface area contributed by atoms with Crippen molar-refractivity contribution in [1.29, 1.82) is 0 Å². The molecule has 0 aliphatic carbocycles. The molecule has 2 aromatic rings. The van der Waals surface area contributed by atoms with Gasteiger partial charge in [0, 0.05) is 12.0 Å². The molecule has 0 radical (unpaired) electrons. The average molecular weight is 251 g/mol. The second-order valence-electron chi connectivity index (χ2n) is 3.65. The van der Waals surface area contributed by atoms with Gasteiger partial charge in [0.05, 0.1) is 6.20 Å². The van der Waals surface area contributed by atoms with Gasteiger partial charge in [0.2, 0.25) is 0 Å². The van der Waals surface area contributed by atoms with Gasteiger partial charge in [0.1, 0.15) is 22.9 Å². The Morgan fingerprint density at radius 1 is 1.41 bits per heavy atom. The summed E-state index contributed by atoms with van der Waals surface area (Å²) in [4.78, 5) is 12.7. The van der Waals surface area contributed by atoms with E-state index in [0.29, 0.717) is 11.0 Å². The number of hydrogen-bond acceptors (Lipinski definition) is 7. The standard InChI is InChI=1S/C10H13N5OS/c1-6(2)9-13-7(15-11)5-8(14-9)17-10-12-3-4-16-10/h3-6H,11H2,1-2H3,(H,13,14,15). The third kappa shape index (κ3) is 2.95. The van der Waals surface area contributed by atoms with E-state index in [-0.39, 0.29) is 5.92 Å². The van der Waals surface area contributed by atoms with Crippen LogP contribution >= 0.6 is 11.8 Å². The van der Waals surface area contributed by atoms with Crippen LogP contribution in [0, 0.1) is 0 Å². The number of nitrogens with two attached hydrogens (primary N) is 1. The number of anilines is 1. The van der Waals surface area contributed by atoms with E-state index in [1.807, 2.05) is 13.8 Å². The van der Waals surface area contributed by atoms with Crippen LogP contribution in [-0.4, -0.2) is 15.0 Å². The summed E-state index contributed by atoms with van der Waals surface area (Å²) >= 11 is 1.33. The Balaban J connectivity index is 2.29. The van der Waals surface area contributed by atoms with Crippen molar-refractivity contribution in [1.82, 2.24) is 15.0 Å². The largest absolute Gasteiger partial charge is 0.440 e. The molecule has 2 aromatic heterocycles. The molecule has 0 bridgehead atoms. The van der Waals surface area contributed by atoms with Gasteiger partial charge in [-0.05, 0) is 11.8 Å². The van der Waals surface area contributed by atoms with Crippen LogP contribution in [0.4, 0.5) is 5.82 Å². The number of oxazole rings is 1. The van der Waals surface area contributed by atoms with Gasteiger partial charge in [0.15, 0.2) is 0 Å². The Kier molecular flexibility index (Phi) is 3.60. The van der Waals surface area contributed by atoms with E-state index in [2.05, 4.69) is 20.4 Å². The molecule has 2 heterocycles. The summed E-state index contributed by atoms with van der Waals surface area (Å²) < 4.78 is 5.15. The van der Waals surface area contributed by atoms with Gasteiger partial charge in [-0.1, -0.05) is 13.8 Å². The number of rotatable bonds is 4. The number of aromatic nitrogens is 3. The van der Waals surface area contributed by atoms with Gasteiger partial charge in [-0.3, -0.25) is 0 Å². The van der Waals surface area contributed by atoms with Crippen LogP contribution in [-0.2, 0) is 0 Å². The van der Waals surface area contributed by atoms with Crippen molar-refractivity contribution in [2.24, 2.45) is 5.84 Å². The highest BCUT2D eigenvalue weighted by Gasteiger charge is 2.10. The molecule has 0 aliphatic rings. The highest BCUT2D eigenvalue weighted by molar-refractivity contribution is 7.99. The Hall–Kier alpha value is -1.60. The molecule has 0 unspecified atom stereocenters. The van der Waals surface area contributed by atoms with Gasteiger partial charge in [0.25, 0.3) is 5.22 Å². The molecule has 0 atom stereocenters. The summed E-state index contributed by atoms with van der Waals surface area (Å²) in [5, 5.41) is 1.29. The Morgan fingerprint density at radius 2 is 2.24 bits per heavy atom. The van der Waals surface area contributed by atoms with Gasteiger partial charge in [-0.2, -0.15) is 0 Å². The van der Waals surface area contributed by atoms with Crippen molar-refractivity contribution in [2.75, 3.05) is 5.43 Å². The number of nitrogens with one attached hydrogen (secondary N) is 1. The summed E-state index contributed by atoms with van der Waals surface area (Å²) in [6.45, 7) is 4.05. The van der Waals surface area contributed by atoms with Crippen LogP contribution in [0.1, 0.15) is 25.6 Å². The van der Waals surface area contributed by atoms with Gasteiger partial charge >= 0.3 is 0 Å². The Labute approximate surface area is 103 Å². The van der Waals surface area contributed by atoms with Crippen LogP contribution in [0.15, 0.2) is 33.2 Å². The van der Waals surface area contributed by atoms with Gasteiger partial charge in [-0.15, -0.1) is 0 Å². The predicted molar refractivity (Wildman–Crippen MR) is 64.6 cm³/mol. The summed E-state index contributed by atoms with van der Waals surface area (Å²) in [7, 11) is 0. The van der Waals surface area contributed by atoms with Crippen molar-refractivity contribution < 1.29 is 4.42 Å². The van der Waals surface area contributed by atoms with E-state index < -0.39 is 0 Å². The second-order valence-corrected chi connectivity index (χ2v) is 4.62. The summed E-state index contributed by atoms with van der Waals surface area (Å²) in [5.41, 5.74) is 2.53. The maximum absolute atomic E-state index is 5.37. The van der Waals surface area contributed by atoms with Gasteiger partial charge < -0.3 is 9.84 Å². The van der Waals surface area contributed by atoms with E-state index in [4.69, 9.17) is 10.3 Å². The zero-order valence-corrected chi connectivity index (χ0v) is 10.4. The third-order valence-electron chi connectivity index (χ3n) is 1.99.